The van der Waals surface area contributed by atoms with Crippen LogP contribution in [0.2, 0.25) is 0 Å². The Balaban J connectivity index is 1.54. The molecule has 0 spiro atoms. The number of benzene rings is 1. The zero-order chi connectivity index (χ0) is 21.1. The van der Waals surface area contributed by atoms with E-state index in [4.69, 9.17) is 0 Å². The summed E-state index contributed by atoms with van der Waals surface area (Å²) in [6.07, 6.45) is -4.38. The fourth-order valence-corrected chi connectivity index (χ4v) is 5.45. The number of rotatable bonds is 6. The summed E-state index contributed by atoms with van der Waals surface area (Å²) in [5, 5.41) is 1.70. The van der Waals surface area contributed by atoms with E-state index < -0.39 is 22.8 Å². The Bertz CT molecular complexity index is 921. The number of thiophene rings is 1. The van der Waals surface area contributed by atoms with Crippen molar-refractivity contribution in [1.82, 2.24) is 9.21 Å². The van der Waals surface area contributed by atoms with E-state index >= 15 is 0 Å². The van der Waals surface area contributed by atoms with Crippen molar-refractivity contribution in [2.75, 3.05) is 32.8 Å². The third-order valence-electron chi connectivity index (χ3n) is 4.35. The van der Waals surface area contributed by atoms with Gasteiger partial charge < -0.3 is 9.64 Å². The molecular formula is C18H19F3N2O4S2. The molecule has 3 rings (SSSR count). The molecule has 1 amide bonds. The molecule has 1 aliphatic rings. The Kier molecular flexibility index (Phi) is 6.62. The van der Waals surface area contributed by atoms with Gasteiger partial charge >= 0.3 is 6.18 Å². The minimum Gasteiger partial charge on any atom is -0.367 e. The largest absolute Gasteiger partial charge is 0.411 e. The van der Waals surface area contributed by atoms with Crippen LogP contribution in [0.3, 0.4) is 0 Å². The highest BCUT2D eigenvalue weighted by atomic mass is 32.2. The van der Waals surface area contributed by atoms with Crippen molar-refractivity contribution in [1.29, 1.82) is 0 Å². The maximum Gasteiger partial charge on any atom is 0.411 e. The van der Waals surface area contributed by atoms with Gasteiger partial charge in [-0.15, -0.1) is 11.3 Å². The zero-order valence-corrected chi connectivity index (χ0v) is 16.9. The van der Waals surface area contributed by atoms with Gasteiger partial charge in [0.15, 0.2) is 0 Å². The molecule has 158 valence electrons. The van der Waals surface area contributed by atoms with Crippen LogP contribution in [0.15, 0.2) is 46.0 Å². The Labute approximate surface area is 170 Å². The molecular weight excluding hydrogens is 429 g/mol. The lowest BCUT2D eigenvalue weighted by molar-refractivity contribution is -0.176. The van der Waals surface area contributed by atoms with Gasteiger partial charge in [0, 0.05) is 31.7 Å². The van der Waals surface area contributed by atoms with Crippen molar-refractivity contribution in [3.05, 3.63) is 52.9 Å². The third kappa shape index (κ3) is 5.56. The minimum atomic E-state index is -4.38. The Morgan fingerprint density at radius 1 is 1.07 bits per heavy atom. The van der Waals surface area contributed by atoms with Crippen LogP contribution < -0.4 is 0 Å². The fourth-order valence-electron chi connectivity index (χ4n) is 2.88. The Hall–Kier alpha value is -1.95. The molecule has 1 aromatic carbocycles. The quantitative estimate of drug-likeness (QED) is 0.682. The van der Waals surface area contributed by atoms with E-state index in [0.717, 1.165) is 11.3 Å². The van der Waals surface area contributed by atoms with Crippen LogP contribution in [0.4, 0.5) is 13.2 Å². The molecule has 0 N–H and O–H groups in total. The predicted octanol–water partition coefficient (Wildman–Crippen LogP) is 2.97. The van der Waals surface area contributed by atoms with Gasteiger partial charge in [-0.2, -0.15) is 17.5 Å². The molecule has 1 aromatic heterocycles. The van der Waals surface area contributed by atoms with Crippen molar-refractivity contribution < 1.29 is 31.1 Å². The number of ether oxygens (including phenoxy) is 1. The molecule has 1 aliphatic heterocycles. The number of hydrogen-bond donors (Lipinski definition) is 0. The molecule has 1 saturated heterocycles. The lowest BCUT2D eigenvalue weighted by Crippen LogP contribution is -2.50. The number of halogens is 3. The van der Waals surface area contributed by atoms with Gasteiger partial charge in [0.2, 0.25) is 0 Å². The van der Waals surface area contributed by atoms with Crippen molar-refractivity contribution in [3.8, 4) is 0 Å². The third-order valence-corrected chi connectivity index (χ3v) is 7.62. The monoisotopic (exact) mass is 448 g/mol. The van der Waals surface area contributed by atoms with Gasteiger partial charge in [-0.3, -0.25) is 4.79 Å². The van der Waals surface area contributed by atoms with Crippen LogP contribution in [-0.2, 0) is 21.4 Å². The van der Waals surface area contributed by atoms with Gasteiger partial charge in [0.1, 0.15) is 10.8 Å². The SMILES string of the molecule is O=C(c1ccc(COCC(F)(F)F)cc1)N1CCN(S(=O)(=O)c2cccs2)CC1. The van der Waals surface area contributed by atoms with Gasteiger partial charge in [-0.25, -0.2) is 8.42 Å². The summed E-state index contributed by atoms with van der Waals surface area (Å²) in [5.41, 5.74) is 0.914. The summed E-state index contributed by atoms with van der Waals surface area (Å²) in [5.74, 6) is -0.249. The van der Waals surface area contributed by atoms with E-state index in [1.54, 1.807) is 34.5 Å². The number of hydrogen-bond acceptors (Lipinski definition) is 5. The topological polar surface area (TPSA) is 66.9 Å². The van der Waals surface area contributed by atoms with Gasteiger partial charge in [0.25, 0.3) is 15.9 Å². The van der Waals surface area contributed by atoms with Gasteiger partial charge in [-0.05, 0) is 29.1 Å². The normalized spacial score (nSPS) is 16.2. The predicted molar refractivity (Wildman–Crippen MR) is 101 cm³/mol. The molecule has 6 nitrogen and oxygen atoms in total. The second kappa shape index (κ2) is 8.82. The van der Waals surface area contributed by atoms with E-state index in [1.165, 1.54) is 16.4 Å². The summed E-state index contributed by atoms with van der Waals surface area (Å²) in [7, 11) is -3.54. The number of carbonyl (C=O) groups is 1. The smallest absolute Gasteiger partial charge is 0.367 e. The Morgan fingerprint density at radius 2 is 1.72 bits per heavy atom. The maximum absolute atomic E-state index is 12.6. The standard InChI is InChI=1S/C18H19F3N2O4S2/c19-18(20,21)13-27-12-14-3-5-15(6-4-14)17(24)22-7-9-23(10-8-22)29(25,26)16-2-1-11-28-16/h1-6,11H,7-10,12-13H2. The van der Waals surface area contributed by atoms with Crippen LogP contribution in [0.1, 0.15) is 15.9 Å². The highest BCUT2D eigenvalue weighted by Gasteiger charge is 2.31. The summed E-state index contributed by atoms with van der Waals surface area (Å²) < 4.78 is 67.6. The first-order valence-electron chi connectivity index (χ1n) is 8.73. The molecule has 0 radical (unpaired) electrons. The summed E-state index contributed by atoms with van der Waals surface area (Å²) >= 11 is 1.15. The van der Waals surface area contributed by atoms with Crippen LogP contribution in [0, 0.1) is 0 Å². The van der Waals surface area contributed by atoms with E-state index in [1.807, 2.05) is 0 Å². The molecule has 2 heterocycles. The molecule has 0 unspecified atom stereocenters. The number of alkyl halides is 3. The van der Waals surface area contributed by atoms with E-state index in [0.29, 0.717) is 11.1 Å². The molecule has 0 saturated carbocycles. The van der Waals surface area contributed by atoms with Crippen molar-refractivity contribution in [2.45, 2.75) is 17.0 Å². The Morgan fingerprint density at radius 3 is 2.28 bits per heavy atom. The summed E-state index contributed by atoms with van der Waals surface area (Å²) in [6, 6.07) is 9.38. The van der Waals surface area contributed by atoms with E-state index in [2.05, 4.69) is 4.74 Å². The number of carbonyl (C=O) groups excluding carboxylic acids is 1. The van der Waals surface area contributed by atoms with Crippen molar-refractivity contribution >= 4 is 27.3 Å². The van der Waals surface area contributed by atoms with Crippen LogP contribution in [0.25, 0.3) is 0 Å². The second-order valence-corrected chi connectivity index (χ2v) is 9.55. The van der Waals surface area contributed by atoms with Crippen molar-refractivity contribution in [2.24, 2.45) is 0 Å². The van der Waals surface area contributed by atoms with Crippen LogP contribution >= 0.6 is 11.3 Å². The number of piperazine rings is 1. The summed E-state index contributed by atoms with van der Waals surface area (Å²) in [6.45, 7) is -0.593. The van der Waals surface area contributed by atoms with Gasteiger partial charge in [0.05, 0.1) is 6.61 Å². The van der Waals surface area contributed by atoms with E-state index in [-0.39, 0.29) is 42.9 Å². The molecule has 2 aromatic rings. The van der Waals surface area contributed by atoms with Crippen LogP contribution in [-0.4, -0.2) is 62.5 Å². The zero-order valence-electron chi connectivity index (χ0n) is 15.3. The molecule has 11 heteroatoms. The molecule has 0 atom stereocenters. The highest BCUT2D eigenvalue weighted by Crippen LogP contribution is 2.22. The first kappa shape index (κ1) is 21.8. The highest BCUT2D eigenvalue weighted by molar-refractivity contribution is 7.91. The summed E-state index contributed by atoms with van der Waals surface area (Å²) in [4.78, 5) is 14.2. The minimum absolute atomic E-state index is 0.201. The lowest BCUT2D eigenvalue weighted by atomic mass is 10.1. The number of amides is 1. The molecule has 1 fully saturated rings. The molecule has 0 bridgehead atoms. The average Bonchev–Trinajstić information content (AvgIpc) is 3.23. The first-order chi connectivity index (χ1) is 13.7. The molecule has 29 heavy (non-hydrogen) atoms. The maximum atomic E-state index is 12.6. The lowest BCUT2D eigenvalue weighted by Gasteiger charge is -2.33. The fraction of sp³-hybridized carbons (Fsp3) is 0.389. The van der Waals surface area contributed by atoms with E-state index in [9.17, 15) is 26.4 Å². The second-order valence-electron chi connectivity index (χ2n) is 6.43. The van der Waals surface area contributed by atoms with Gasteiger partial charge in [-0.1, -0.05) is 18.2 Å². The number of nitrogens with zero attached hydrogens (tertiary/aromatic N) is 2. The number of sulfonamides is 1. The average molecular weight is 448 g/mol. The first-order valence-corrected chi connectivity index (χ1v) is 11.1. The van der Waals surface area contributed by atoms with Crippen molar-refractivity contribution in [3.63, 3.8) is 0 Å². The molecule has 0 aliphatic carbocycles. The van der Waals surface area contributed by atoms with Crippen LogP contribution in [0.5, 0.6) is 0 Å².